The summed E-state index contributed by atoms with van der Waals surface area (Å²) in [7, 11) is 0. The van der Waals surface area contributed by atoms with Gasteiger partial charge in [0.15, 0.2) is 5.82 Å². The summed E-state index contributed by atoms with van der Waals surface area (Å²) in [5.41, 5.74) is 22.1. The highest BCUT2D eigenvalue weighted by atomic mass is 32.1. The zero-order valence-corrected chi connectivity index (χ0v) is 38.2. The van der Waals surface area contributed by atoms with Crippen molar-refractivity contribution in [2.45, 2.75) is 10.8 Å². The third-order valence-corrected chi connectivity index (χ3v) is 16.5. The number of aromatic nitrogens is 2. The van der Waals surface area contributed by atoms with Gasteiger partial charge < -0.3 is 0 Å². The van der Waals surface area contributed by atoms with Gasteiger partial charge in [-0.2, -0.15) is 0 Å². The first kappa shape index (κ1) is 38.6. The Balaban J connectivity index is 0.937. The van der Waals surface area contributed by atoms with Crippen molar-refractivity contribution in [1.29, 1.82) is 0 Å². The lowest BCUT2D eigenvalue weighted by atomic mass is 9.52. The van der Waals surface area contributed by atoms with Crippen LogP contribution in [0.3, 0.4) is 0 Å². The summed E-state index contributed by atoms with van der Waals surface area (Å²) in [4.78, 5) is 10.6. The van der Waals surface area contributed by atoms with E-state index >= 15 is 0 Å². The number of hydrogen-bond acceptors (Lipinski definition) is 3. The van der Waals surface area contributed by atoms with Gasteiger partial charge in [-0.1, -0.05) is 218 Å². The van der Waals surface area contributed by atoms with E-state index in [1.807, 2.05) is 11.3 Å². The predicted molar refractivity (Wildman–Crippen MR) is 285 cm³/mol. The van der Waals surface area contributed by atoms with Crippen LogP contribution in [0.25, 0.3) is 87.5 Å². The Morgan fingerprint density at radius 2 is 0.739 bits per heavy atom. The second kappa shape index (κ2) is 14.5. The lowest BCUT2D eigenvalue weighted by Gasteiger charge is -2.48. The molecule has 2 spiro atoms. The van der Waals surface area contributed by atoms with Crippen LogP contribution in [0.1, 0.15) is 44.5 Å². The molecule has 2 aromatic heterocycles. The van der Waals surface area contributed by atoms with Crippen molar-refractivity contribution >= 4 is 31.5 Å². The second-order valence-corrected chi connectivity index (χ2v) is 19.8. The molecule has 0 amide bonds. The fourth-order valence-electron chi connectivity index (χ4n) is 12.7. The van der Waals surface area contributed by atoms with Crippen molar-refractivity contribution < 1.29 is 0 Å². The highest BCUT2D eigenvalue weighted by Crippen LogP contribution is 2.68. The van der Waals surface area contributed by atoms with Crippen LogP contribution in [-0.2, 0) is 10.8 Å². The Hall–Kier alpha value is -8.50. The minimum absolute atomic E-state index is 0.478. The molecule has 2 nitrogen and oxygen atoms in total. The molecule has 69 heavy (non-hydrogen) atoms. The van der Waals surface area contributed by atoms with Gasteiger partial charge in [0.1, 0.15) is 0 Å². The summed E-state index contributed by atoms with van der Waals surface area (Å²) in [5, 5.41) is 2.55. The van der Waals surface area contributed by atoms with Crippen molar-refractivity contribution in [3.05, 3.63) is 287 Å². The zero-order chi connectivity index (χ0) is 45.3. The molecule has 0 saturated heterocycles. The van der Waals surface area contributed by atoms with Crippen molar-refractivity contribution in [2.24, 2.45) is 0 Å². The molecule has 0 unspecified atom stereocenters. The minimum atomic E-state index is -0.563. The normalized spacial score (nSPS) is 14.0. The third kappa shape index (κ3) is 5.20. The zero-order valence-electron chi connectivity index (χ0n) is 37.4. The molecular weight excluding hydrogens is 853 g/mol. The highest BCUT2D eigenvalue weighted by Gasteiger charge is 2.59. The quantitative estimate of drug-likeness (QED) is 0.176. The smallest absolute Gasteiger partial charge is 0.160 e. The Morgan fingerprint density at radius 3 is 1.42 bits per heavy atom. The highest BCUT2D eigenvalue weighted by molar-refractivity contribution is 7.25. The molecule has 12 aromatic rings. The molecule has 0 saturated carbocycles. The van der Waals surface area contributed by atoms with E-state index in [0.29, 0.717) is 5.82 Å². The van der Waals surface area contributed by atoms with E-state index in [1.54, 1.807) is 0 Å². The first-order valence-corrected chi connectivity index (χ1v) is 24.6. The summed E-state index contributed by atoms with van der Waals surface area (Å²) in [6.07, 6.45) is 0. The van der Waals surface area contributed by atoms with Crippen molar-refractivity contribution in [3.8, 4) is 67.3 Å². The third-order valence-electron chi connectivity index (χ3n) is 15.4. The van der Waals surface area contributed by atoms with Crippen LogP contribution in [0.2, 0.25) is 0 Å². The van der Waals surface area contributed by atoms with Gasteiger partial charge in [0.2, 0.25) is 0 Å². The standard InChI is InChI=1S/C66H40N2S/c1-2-18-41(19-3-1)59-40-60(68-64(67-59)44-36-37-49-48-24-7-15-35-61(48)69-62(49)39-44)43-21-16-20-42(38-43)45-26-17-34-58-63(45)50-25-6-10-29-53(50)66(58)56-32-13-11-30-54(56)65(55-31-12-14-33-57(55)66)51-27-8-4-22-46(51)47-23-5-9-28-52(47)65/h1-40H. The van der Waals surface area contributed by atoms with Crippen LogP contribution in [-0.4, -0.2) is 9.97 Å². The summed E-state index contributed by atoms with van der Waals surface area (Å²) in [5.74, 6) is 0.715. The molecule has 0 N–H and O–H groups in total. The average molecular weight is 893 g/mol. The van der Waals surface area contributed by atoms with Gasteiger partial charge >= 0.3 is 0 Å². The SMILES string of the molecule is c1ccc(-c2cc(-c3cccc(-c4cccc5c4-c4ccccc4C54c5ccccc5C5(c6ccccc6-c6ccccc65)c5ccccc54)c3)nc(-c3ccc4c(c3)sc3ccccc34)n2)cc1. The minimum Gasteiger partial charge on any atom is -0.228 e. The molecule has 320 valence electrons. The molecule has 2 heterocycles. The van der Waals surface area contributed by atoms with Crippen molar-refractivity contribution in [3.63, 3.8) is 0 Å². The maximum atomic E-state index is 5.38. The van der Waals surface area contributed by atoms with Gasteiger partial charge in [0.25, 0.3) is 0 Å². The van der Waals surface area contributed by atoms with Crippen LogP contribution >= 0.6 is 11.3 Å². The fraction of sp³-hybridized carbons (Fsp3) is 0.0303. The van der Waals surface area contributed by atoms with Crippen LogP contribution in [0.5, 0.6) is 0 Å². The van der Waals surface area contributed by atoms with Gasteiger partial charge in [-0.05, 0) is 102 Å². The van der Waals surface area contributed by atoms with E-state index in [4.69, 9.17) is 9.97 Å². The average Bonchev–Trinajstić information content (AvgIpc) is 4.05. The summed E-state index contributed by atoms with van der Waals surface area (Å²) < 4.78 is 2.52. The number of rotatable bonds is 4. The Kier molecular flexibility index (Phi) is 8.11. The topological polar surface area (TPSA) is 25.8 Å². The van der Waals surface area contributed by atoms with E-state index in [9.17, 15) is 0 Å². The van der Waals surface area contributed by atoms with Gasteiger partial charge in [-0.3, -0.25) is 0 Å². The Morgan fingerprint density at radius 1 is 0.275 bits per heavy atom. The van der Waals surface area contributed by atoms with E-state index < -0.39 is 10.8 Å². The Labute approximate surface area is 404 Å². The first-order valence-electron chi connectivity index (χ1n) is 23.8. The fourth-order valence-corrected chi connectivity index (χ4v) is 13.9. The molecule has 0 atom stereocenters. The number of benzene rings is 10. The van der Waals surface area contributed by atoms with Crippen LogP contribution in [0.15, 0.2) is 243 Å². The van der Waals surface area contributed by atoms with Crippen LogP contribution in [0, 0.1) is 0 Å². The lowest BCUT2D eigenvalue weighted by Crippen LogP contribution is -2.43. The van der Waals surface area contributed by atoms with Gasteiger partial charge in [0.05, 0.1) is 22.2 Å². The number of thiophene rings is 1. The molecule has 0 bridgehead atoms. The van der Waals surface area contributed by atoms with E-state index in [2.05, 4.69) is 243 Å². The molecule has 15 rings (SSSR count). The largest absolute Gasteiger partial charge is 0.228 e. The van der Waals surface area contributed by atoms with Gasteiger partial charge in [0, 0.05) is 36.9 Å². The van der Waals surface area contributed by atoms with E-state index in [0.717, 1.165) is 33.6 Å². The molecule has 3 heteroatoms. The monoisotopic (exact) mass is 892 g/mol. The first-order chi connectivity index (χ1) is 34.2. The van der Waals surface area contributed by atoms with Gasteiger partial charge in [-0.25, -0.2) is 9.97 Å². The summed E-state index contributed by atoms with van der Waals surface area (Å²) in [6, 6.07) is 90.0. The molecule has 3 aliphatic rings. The molecule has 10 aromatic carbocycles. The Bertz CT molecular complexity index is 4010. The number of nitrogens with zero attached hydrogens (tertiary/aromatic N) is 2. The van der Waals surface area contributed by atoms with Crippen molar-refractivity contribution in [2.75, 3.05) is 0 Å². The number of fused-ring (bicyclic) bond motifs is 19. The molecule has 0 radical (unpaired) electrons. The van der Waals surface area contributed by atoms with E-state index in [1.165, 1.54) is 92.5 Å². The molecule has 0 aliphatic heterocycles. The number of hydrogen-bond donors (Lipinski definition) is 0. The summed E-state index contributed by atoms with van der Waals surface area (Å²) >= 11 is 1.82. The summed E-state index contributed by atoms with van der Waals surface area (Å²) in [6.45, 7) is 0. The predicted octanol–water partition coefficient (Wildman–Crippen LogP) is 16.6. The van der Waals surface area contributed by atoms with E-state index in [-0.39, 0.29) is 0 Å². The lowest BCUT2D eigenvalue weighted by molar-refractivity contribution is 0.633. The molecule has 0 fully saturated rings. The van der Waals surface area contributed by atoms with Gasteiger partial charge in [-0.15, -0.1) is 11.3 Å². The molecule has 3 aliphatic carbocycles. The molecular formula is C66H40N2S. The maximum absolute atomic E-state index is 5.38. The van der Waals surface area contributed by atoms with Crippen molar-refractivity contribution in [1.82, 2.24) is 9.97 Å². The second-order valence-electron chi connectivity index (χ2n) is 18.7. The van der Waals surface area contributed by atoms with Crippen LogP contribution in [0.4, 0.5) is 0 Å². The maximum Gasteiger partial charge on any atom is 0.160 e. The van der Waals surface area contributed by atoms with Crippen LogP contribution < -0.4 is 0 Å².